The summed E-state index contributed by atoms with van der Waals surface area (Å²) in [7, 11) is 0. The van der Waals surface area contributed by atoms with Gasteiger partial charge in [0.1, 0.15) is 10.7 Å². The minimum atomic E-state index is -0.280. The molecule has 0 radical (unpaired) electrons. The third-order valence-electron chi connectivity index (χ3n) is 2.34. The summed E-state index contributed by atoms with van der Waals surface area (Å²) in [5.74, 6) is -0.421. The van der Waals surface area contributed by atoms with Crippen molar-refractivity contribution in [2.75, 3.05) is 0 Å². The molecule has 1 amide bonds. The summed E-state index contributed by atoms with van der Waals surface area (Å²) >= 11 is 3.45. The van der Waals surface area contributed by atoms with E-state index in [1.807, 2.05) is 6.92 Å². The van der Waals surface area contributed by atoms with Gasteiger partial charge in [0.2, 0.25) is 0 Å². The van der Waals surface area contributed by atoms with E-state index in [0.717, 1.165) is 14.3 Å². The lowest BCUT2D eigenvalue weighted by Crippen LogP contribution is -2.22. The van der Waals surface area contributed by atoms with Crippen LogP contribution in [0.1, 0.15) is 20.9 Å². The molecule has 2 aromatic rings. The monoisotopic (exact) mass is 376 g/mol. The molecular weight excluding hydrogens is 366 g/mol. The number of hydrogen-bond acceptors (Lipinski definition) is 3. The van der Waals surface area contributed by atoms with E-state index in [-0.39, 0.29) is 11.7 Å². The molecule has 0 aliphatic heterocycles. The second-order valence-electron chi connectivity index (χ2n) is 3.69. The van der Waals surface area contributed by atoms with Crippen molar-refractivity contribution in [1.29, 1.82) is 0 Å². The fourth-order valence-electron chi connectivity index (χ4n) is 1.44. The summed E-state index contributed by atoms with van der Waals surface area (Å²) in [6.07, 6.45) is 0. The molecule has 1 heterocycles. The normalized spacial score (nSPS) is 10.4. The standard InChI is InChI=1S/C12H10FIN2OS/c1-7-10(18-12(14)16-7)11(17)15-6-8-2-4-9(13)5-3-8/h2-5H,6H2,1H3,(H,15,17). The number of benzene rings is 1. The summed E-state index contributed by atoms with van der Waals surface area (Å²) in [6, 6.07) is 6.06. The quantitative estimate of drug-likeness (QED) is 0.837. The Bertz CT molecular complexity index is 568. The van der Waals surface area contributed by atoms with Crippen LogP contribution in [-0.2, 0) is 6.54 Å². The Morgan fingerprint density at radius 3 is 2.67 bits per heavy atom. The van der Waals surface area contributed by atoms with Gasteiger partial charge in [0.25, 0.3) is 5.91 Å². The first kappa shape index (κ1) is 13.4. The SMILES string of the molecule is Cc1nc(I)sc1C(=O)NCc1ccc(F)cc1. The lowest BCUT2D eigenvalue weighted by molar-refractivity contribution is 0.0954. The van der Waals surface area contributed by atoms with E-state index in [0.29, 0.717) is 11.4 Å². The van der Waals surface area contributed by atoms with Crippen LogP contribution in [0.5, 0.6) is 0 Å². The highest BCUT2D eigenvalue weighted by Crippen LogP contribution is 2.19. The lowest BCUT2D eigenvalue weighted by atomic mass is 10.2. The topological polar surface area (TPSA) is 42.0 Å². The van der Waals surface area contributed by atoms with Crippen LogP contribution in [0.15, 0.2) is 24.3 Å². The van der Waals surface area contributed by atoms with E-state index in [4.69, 9.17) is 0 Å². The zero-order chi connectivity index (χ0) is 13.1. The van der Waals surface area contributed by atoms with Gasteiger partial charge in [-0.2, -0.15) is 0 Å². The number of rotatable bonds is 3. The number of carbonyl (C=O) groups excluding carboxylic acids is 1. The summed E-state index contributed by atoms with van der Waals surface area (Å²) in [6.45, 7) is 2.19. The number of amides is 1. The first-order valence-electron chi connectivity index (χ1n) is 5.22. The third-order valence-corrected chi connectivity index (χ3v) is 4.19. The van der Waals surface area contributed by atoms with Crippen LogP contribution in [0.25, 0.3) is 0 Å². The molecule has 0 bridgehead atoms. The van der Waals surface area contributed by atoms with Crippen molar-refractivity contribution in [2.45, 2.75) is 13.5 Å². The van der Waals surface area contributed by atoms with Crippen molar-refractivity contribution in [2.24, 2.45) is 0 Å². The number of thiazole rings is 1. The molecule has 6 heteroatoms. The van der Waals surface area contributed by atoms with Gasteiger partial charge in [-0.15, -0.1) is 11.3 Å². The highest BCUT2D eigenvalue weighted by Gasteiger charge is 2.13. The van der Waals surface area contributed by atoms with Gasteiger partial charge in [-0.3, -0.25) is 4.79 Å². The molecule has 0 saturated carbocycles. The van der Waals surface area contributed by atoms with Crippen molar-refractivity contribution in [1.82, 2.24) is 10.3 Å². The van der Waals surface area contributed by atoms with E-state index >= 15 is 0 Å². The van der Waals surface area contributed by atoms with E-state index in [2.05, 4.69) is 32.9 Å². The first-order chi connectivity index (χ1) is 8.56. The molecule has 1 N–H and O–H groups in total. The van der Waals surface area contributed by atoms with Crippen LogP contribution in [0.4, 0.5) is 4.39 Å². The molecule has 0 saturated heterocycles. The smallest absolute Gasteiger partial charge is 0.263 e. The predicted octanol–water partition coefficient (Wildman–Crippen LogP) is 3.13. The minimum Gasteiger partial charge on any atom is -0.347 e. The molecule has 1 aromatic heterocycles. The van der Waals surface area contributed by atoms with Gasteiger partial charge >= 0.3 is 0 Å². The molecule has 0 spiro atoms. The molecule has 2 rings (SSSR count). The summed E-state index contributed by atoms with van der Waals surface area (Å²) in [5.41, 5.74) is 1.60. The molecule has 0 aliphatic carbocycles. The molecule has 18 heavy (non-hydrogen) atoms. The Morgan fingerprint density at radius 1 is 1.44 bits per heavy atom. The maximum absolute atomic E-state index is 12.7. The van der Waals surface area contributed by atoms with E-state index in [9.17, 15) is 9.18 Å². The fraction of sp³-hybridized carbons (Fsp3) is 0.167. The zero-order valence-electron chi connectivity index (χ0n) is 9.54. The van der Waals surface area contributed by atoms with Crippen molar-refractivity contribution in [3.63, 3.8) is 0 Å². The third kappa shape index (κ3) is 3.26. The van der Waals surface area contributed by atoms with E-state index in [1.165, 1.54) is 23.5 Å². The second kappa shape index (κ2) is 5.75. The van der Waals surface area contributed by atoms with E-state index < -0.39 is 0 Å². The molecule has 1 aromatic carbocycles. The summed E-state index contributed by atoms with van der Waals surface area (Å²) < 4.78 is 13.6. The van der Waals surface area contributed by atoms with Gasteiger partial charge in [-0.05, 0) is 47.2 Å². The number of carbonyl (C=O) groups is 1. The van der Waals surface area contributed by atoms with Gasteiger partial charge in [0, 0.05) is 6.54 Å². The molecule has 0 atom stereocenters. The first-order valence-corrected chi connectivity index (χ1v) is 7.11. The average molecular weight is 376 g/mol. The molecular formula is C12H10FIN2OS. The van der Waals surface area contributed by atoms with Gasteiger partial charge in [-0.1, -0.05) is 12.1 Å². The Balaban J connectivity index is 2.00. The maximum Gasteiger partial charge on any atom is 0.263 e. The van der Waals surface area contributed by atoms with Crippen LogP contribution < -0.4 is 5.32 Å². The molecule has 0 unspecified atom stereocenters. The van der Waals surface area contributed by atoms with Crippen molar-refractivity contribution in [3.05, 3.63) is 49.2 Å². The largest absolute Gasteiger partial charge is 0.347 e. The van der Waals surface area contributed by atoms with Gasteiger partial charge in [0.05, 0.1) is 5.69 Å². The highest BCUT2D eigenvalue weighted by molar-refractivity contribution is 14.1. The highest BCUT2D eigenvalue weighted by atomic mass is 127. The number of aryl methyl sites for hydroxylation is 1. The summed E-state index contributed by atoms with van der Waals surface area (Å²) in [5, 5.41) is 2.79. The second-order valence-corrected chi connectivity index (χ2v) is 6.44. The van der Waals surface area contributed by atoms with Crippen molar-refractivity contribution < 1.29 is 9.18 Å². The lowest BCUT2D eigenvalue weighted by Gasteiger charge is -2.04. The van der Waals surface area contributed by atoms with Gasteiger partial charge < -0.3 is 5.32 Å². The molecule has 0 fully saturated rings. The Kier molecular flexibility index (Phi) is 4.28. The minimum absolute atomic E-state index is 0.141. The summed E-state index contributed by atoms with van der Waals surface area (Å²) in [4.78, 5) is 16.7. The molecule has 0 aliphatic rings. The Morgan fingerprint density at radius 2 is 2.11 bits per heavy atom. The van der Waals surface area contributed by atoms with Crippen LogP contribution in [0.2, 0.25) is 0 Å². The molecule has 94 valence electrons. The Hall–Kier alpha value is -1.02. The van der Waals surface area contributed by atoms with Crippen LogP contribution in [-0.4, -0.2) is 10.9 Å². The number of nitrogens with one attached hydrogen (secondary N) is 1. The Labute approximate surface area is 122 Å². The van der Waals surface area contributed by atoms with Crippen LogP contribution in [0, 0.1) is 15.8 Å². The average Bonchev–Trinajstić information content (AvgIpc) is 2.67. The number of aromatic nitrogens is 1. The van der Waals surface area contributed by atoms with Crippen molar-refractivity contribution >= 4 is 39.8 Å². The number of nitrogens with zero attached hydrogens (tertiary/aromatic N) is 1. The number of hydrogen-bond donors (Lipinski definition) is 1. The maximum atomic E-state index is 12.7. The van der Waals surface area contributed by atoms with E-state index in [1.54, 1.807) is 12.1 Å². The van der Waals surface area contributed by atoms with Crippen LogP contribution in [0.3, 0.4) is 0 Å². The van der Waals surface area contributed by atoms with Gasteiger partial charge in [0.15, 0.2) is 3.01 Å². The predicted molar refractivity (Wildman–Crippen MR) is 77.1 cm³/mol. The van der Waals surface area contributed by atoms with Crippen LogP contribution >= 0.6 is 33.9 Å². The van der Waals surface area contributed by atoms with Gasteiger partial charge in [-0.25, -0.2) is 9.37 Å². The molecule has 3 nitrogen and oxygen atoms in total. The zero-order valence-corrected chi connectivity index (χ0v) is 12.5. The number of halogens is 2. The van der Waals surface area contributed by atoms with Crippen molar-refractivity contribution in [3.8, 4) is 0 Å². The fourth-order valence-corrected chi connectivity index (χ4v) is 3.17.